The predicted octanol–water partition coefficient (Wildman–Crippen LogP) is 3.14. The number of hydrogen-bond acceptors (Lipinski definition) is 5. The molecule has 0 fully saturated rings. The molecule has 2 heterocycles. The molecule has 2 rings (SSSR count). The Morgan fingerprint density at radius 1 is 1.41 bits per heavy atom. The van der Waals surface area contributed by atoms with Crippen LogP contribution in [0.5, 0.6) is 0 Å². The van der Waals surface area contributed by atoms with Gasteiger partial charge in [-0.1, -0.05) is 6.07 Å². The van der Waals surface area contributed by atoms with Gasteiger partial charge in [-0.25, -0.2) is 4.98 Å². The Morgan fingerprint density at radius 2 is 2.29 bits per heavy atom. The molecule has 0 spiro atoms. The monoisotopic (exact) mass is 248 g/mol. The van der Waals surface area contributed by atoms with Crippen molar-refractivity contribution in [2.24, 2.45) is 0 Å². The van der Waals surface area contributed by atoms with E-state index in [1.54, 1.807) is 17.5 Å². The molecule has 0 aliphatic heterocycles. The molecule has 2 aromatic rings. The summed E-state index contributed by atoms with van der Waals surface area (Å²) in [5, 5.41) is 8.54. The highest BCUT2D eigenvalue weighted by atomic mass is 32.1. The lowest BCUT2D eigenvalue weighted by Crippen LogP contribution is -2.08. The fourth-order valence-electron chi connectivity index (χ4n) is 1.51. The van der Waals surface area contributed by atoms with Gasteiger partial charge in [0.1, 0.15) is 5.82 Å². The van der Waals surface area contributed by atoms with Crippen LogP contribution in [0.2, 0.25) is 0 Å². The third-order valence-corrected chi connectivity index (χ3v) is 3.38. The average Bonchev–Trinajstić information content (AvgIpc) is 2.83. The molecule has 0 aliphatic rings. The van der Waals surface area contributed by atoms with Gasteiger partial charge in [-0.15, -0.1) is 11.3 Å². The Kier molecular flexibility index (Phi) is 3.93. The van der Waals surface area contributed by atoms with Crippen LogP contribution in [0.1, 0.15) is 24.8 Å². The molecule has 90 valence electrons. The molecule has 0 bridgehead atoms. The first-order valence-electron chi connectivity index (χ1n) is 5.66. The Hall–Kier alpha value is -1.62. The van der Waals surface area contributed by atoms with Crippen LogP contribution in [-0.4, -0.2) is 16.5 Å². The van der Waals surface area contributed by atoms with Gasteiger partial charge in [0.2, 0.25) is 5.95 Å². The summed E-state index contributed by atoms with van der Waals surface area (Å²) in [5.41, 5.74) is 0. The van der Waals surface area contributed by atoms with Gasteiger partial charge >= 0.3 is 0 Å². The summed E-state index contributed by atoms with van der Waals surface area (Å²) in [6, 6.07) is 6.32. The first kappa shape index (κ1) is 11.9. The summed E-state index contributed by atoms with van der Waals surface area (Å²) in [6.07, 6.45) is 1.76. The predicted molar refractivity (Wildman–Crippen MR) is 72.6 cm³/mol. The van der Waals surface area contributed by atoms with Gasteiger partial charge in [0.15, 0.2) is 0 Å². The molecule has 1 atom stereocenters. The molecule has 0 radical (unpaired) electrons. The summed E-state index contributed by atoms with van der Waals surface area (Å²) in [5.74, 6) is 1.51. The smallest absolute Gasteiger partial charge is 0.224 e. The van der Waals surface area contributed by atoms with Crippen LogP contribution in [0.3, 0.4) is 0 Å². The van der Waals surface area contributed by atoms with Crippen molar-refractivity contribution in [3.63, 3.8) is 0 Å². The van der Waals surface area contributed by atoms with Gasteiger partial charge < -0.3 is 10.6 Å². The lowest BCUT2D eigenvalue weighted by atomic mass is 10.3. The quantitative estimate of drug-likeness (QED) is 0.853. The van der Waals surface area contributed by atoms with Crippen LogP contribution >= 0.6 is 11.3 Å². The molecule has 0 aromatic carbocycles. The van der Waals surface area contributed by atoms with Gasteiger partial charge in [-0.3, -0.25) is 0 Å². The van der Waals surface area contributed by atoms with E-state index >= 15 is 0 Å². The van der Waals surface area contributed by atoms with Crippen molar-refractivity contribution in [3.8, 4) is 0 Å². The molecular weight excluding hydrogens is 232 g/mol. The topological polar surface area (TPSA) is 49.8 Å². The van der Waals surface area contributed by atoms with Crippen LogP contribution in [-0.2, 0) is 0 Å². The van der Waals surface area contributed by atoms with Crippen LogP contribution in [0, 0.1) is 0 Å². The van der Waals surface area contributed by atoms with E-state index in [1.165, 1.54) is 4.88 Å². The number of nitrogens with zero attached hydrogens (tertiary/aromatic N) is 2. The first-order chi connectivity index (χ1) is 8.29. The van der Waals surface area contributed by atoms with Crippen molar-refractivity contribution in [1.29, 1.82) is 0 Å². The van der Waals surface area contributed by atoms with Crippen molar-refractivity contribution in [2.45, 2.75) is 19.9 Å². The van der Waals surface area contributed by atoms with E-state index in [2.05, 4.69) is 45.0 Å². The highest BCUT2D eigenvalue weighted by molar-refractivity contribution is 7.10. The minimum atomic E-state index is 0.263. The first-order valence-corrected chi connectivity index (χ1v) is 6.54. The molecule has 5 heteroatoms. The summed E-state index contributed by atoms with van der Waals surface area (Å²) in [7, 11) is 0. The minimum Gasteiger partial charge on any atom is -0.363 e. The molecule has 0 saturated heterocycles. The second-order valence-electron chi connectivity index (χ2n) is 3.68. The van der Waals surface area contributed by atoms with Crippen molar-refractivity contribution < 1.29 is 0 Å². The van der Waals surface area contributed by atoms with Crippen LogP contribution in [0.4, 0.5) is 11.8 Å². The van der Waals surface area contributed by atoms with Crippen molar-refractivity contribution >= 4 is 23.1 Å². The Bertz CT molecular complexity index is 455. The van der Waals surface area contributed by atoms with Gasteiger partial charge in [0, 0.05) is 17.6 Å². The minimum absolute atomic E-state index is 0.263. The van der Waals surface area contributed by atoms with Crippen LogP contribution in [0.15, 0.2) is 29.8 Å². The third kappa shape index (κ3) is 3.17. The number of rotatable bonds is 5. The standard InChI is InChI=1S/C12H16N4S/c1-3-13-12-14-7-6-11(16-12)15-9(2)10-5-4-8-17-10/h4-9H,3H2,1-2H3,(H2,13,14,15,16). The Labute approximate surface area is 105 Å². The highest BCUT2D eigenvalue weighted by Gasteiger charge is 2.07. The highest BCUT2D eigenvalue weighted by Crippen LogP contribution is 2.22. The number of thiophene rings is 1. The van der Waals surface area contributed by atoms with Gasteiger partial charge in [0.25, 0.3) is 0 Å². The third-order valence-electron chi connectivity index (χ3n) is 2.32. The molecule has 0 saturated carbocycles. The summed E-state index contributed by atoms with van der Waals surface area (Å²) in [6.45, 7) is 4.97. The summed E-state index contributed by atoms with van der Waals surface area (Å²) >= 11 is 1.74. The summed E-state index contributed by atoms with van der Waals surface area (Å²) in [4.78, 5) is 9.82. The van der Waals surface area contributed by atoms with E-state index in [1.807, 2.05) is 13.0 Å². The van der Waals surface area contributed by atoms with E-state index in [4.69, 9.17) is 0 Å². The van der Waals surface area contributed by atoms with E-state index < -0.39 is 0 Å². The molecular formula is C12H16N4S. The van der Waals surface area contributed by atoms with E-state index in [0.29, 0.717) is 5.95 Å². The Morgan fingerprint density at radius 3 is 3.00 bits per heavy atom. The molecule has 17 heavy (non-hydrogen) atoms. The fourth-order valence-corrected chi connectivity index (χ4v) is 2.25. The van der Waals surface area contributed by atoms with Crippen molar-refractivity contribution in [3.05, 3.63) is 34.7 Å². The van der Waals surface area contributed by atoms with E-state index in [-0.39, 0.29) is 6.04 Å². The maximum Gasteiger partial charge on any atom is 0.224 e. The van der Waals surface area contributed by atoms with Gasteiger partial charge in [-0.05, 0) is 31.4 Å². The summed E-state index contributed by atoms with van der Waals surface area (Å²) < 4.78 is 0. The largest absolute Gasteiger partial charge is 0.363 e. The van der Waals surface area contributed by atoms with E-state index in [9.17, 15) is 0 Å². The lowest BCUT2D eigenvalue weighted by Gasteiger charge is -2.13. The molecule has 2 N–H and O–H groups in total. The maximum absolute atomic E-state index is 4.38. The van der Waals surface area contributed by atoms with Crippen LogP contribution < -0.4 is 10.6 Å². The average molecular weight is 248 g/mol. The number of anilines is 2. The lowest BCUT2D eigenvalue weighted by molar-refractivity contribution is 0.892. The normalized spacial score (nSPS) is 12.1. The van der Waals surface area contributed by atoms with Gasteiger partial charge in [0.05, 0.1) is 6.04 Å². The van der Waals surface area contributed by atoms with Crippen molar-refractivity contribution in [2.75, 3.05) is 17.2 Å². The number of hydrogen-bond donors (Lipinski definition) is 2. The van der Waals surface area contributed by atoms with Gasteiger partial charge in [-0.2, -0.15) is 4.98 Å². The molecule has 1 unspecified atom stereocenters. The van der Waals surface area contributed by atoms with Crippen LogP contribution in [0.25, 0.3) is 0 Å². The fraction of sp³-hybridized carbons (Fsp3) is 0.333. The second-order valence-corrected chi connectivity index (χ2v) is 4.66. The Balaban J connectivity index is 2.05. The zero-order chi connectivity index (χ0) is 12.1. The zero-order valence-electron chi connectivity index (χ0n) is 9.97. The van der Waals surface area contributed by atoms with E-state index in [0.717, 1.165) is 12.4 Å². The zero-order valence-corrected chi connectivity index (χ0v) is 10.8. The SMILES string of the molecule is CCNc1nccc(NC(C)c2cccs2)n1. The second kappa shape index (κ2) is 5.63. The van der Waals surface area contributed by atoms with Crippen molar-refractivity contribution in [1.82, 2.24) is 9.97 Å². The molecule has 4 nitrogen and oxygen atoms in total. The number of nitrogens with one attached hydrogen (secondary N) is 2. The molecule has 0 amide bonds. The number of aromatic nitrogens is 2. The molecule has 2 aromatic heterocycles. The molecule has 0 aliphatic carbocycles. The maximum atomic E-state index is 4.38.